The van der Waals surface area contributed by atoms with Crippen LogP contribution in [0.15, 0.2) is 23.1 Å². The quantitative estimate of drug-likeness (QED) is 0.587. The lowest BCUT2D eigenvalue weighted by molar-refractivity contribution is 0.416. The predicted molar refractivity (Wildman–Crippen MR) is 60.5 cm³/mol. The van der Waals surface area contributed by atoms with Crippen molar-refractivity contribution in [1.29, 1.82) is 0 Å². The topological polar surface area (TPSA) is 35.2 Å². The summed E-state index contributed by atoms with van der Waals surface area (Å²) in [4.78, 5) is 1.16. The van der Waals surface area contributed by atoms with Crippen LogP contribution in [0.4, 0.5) is 5.69 Å². The maximum Gasteiger partial charge on any atom is 0.141 e. The Morgan fingerprint density at radius 3 is 2.31 bits per heavy atom. The van der Waals surface area contributed by atoms with Crippen LogP contribution < -0.4 is 10.5 Å². The fourth-order valence-corrected chi connectivity index (χ4v) is 1.29. The predicted octanol–water partition coefficient (Wildman–Crippen LogP) is 3.03. The number of nitrogens with two attached hydrogens (primary N) is 1. The highest BCUT2D eigenvalue weighted by Crippen LogP contribution is 2.25. The van der Waals surface area contributed by atoms with Crippen LogP contribution >= 0.6 is 11.8 Å². The Balaban J connectivity index is 0.000000671. The lowest BCUT2D eigenvalue weighted by atomic mass is 10.3. The number of thioether (sulfide) groups is 1. The van der Waals surface area contributed by atoms with Gasteiger partial charge in [-0.3, -0.25) is 0 Å². The second-order valence-electron chi connectivity index (χ2n) is 2.11. The van der Waals surface area contributed by atoms with Gasteiger partial charge in [0.25, 0.3) is 0 Å². The normalized spacial score (nSPS) is 8.62. The zero-order valence-corrected chi connectivity index (χ0v) is 9.44. The van der Waals surface area contributed by atoms with Crippen molar-refractivity contribution in [2.45, 2.75) is 18.7 Å². The highest BCUT2D eigenvalue weighted by Gasteiger charge is 1.98. The first-order valence-electron chi connectivity index (χ1n) is 4.25. The summed E-state index contributed by atoms with van der Waals surface area (Å²) in [6.07, 6.45) is 2.02. The number of rotatable bonds is 2. The Kier molecular flexibility index (Phi) is 6.24. The first-order valence-corrected chi connectivity index (χ1v) is 5.48. The number of benzene rings is 1. The van der Waals surface area contributed by atoms with Gasteiger partial charge in [0.2, 0.25) is 0 Å². The van der Waals surface area contributed by atoms with Crippen LogP contribution in [0.1, 0.15) is 13.8 Å². The fourth-order valence-electron chi connectivity index (χ4n) is 0.839. The molecule has 0 fully saturated rings. The van der Waals surface area contributed by atoms with E-state index in [4.69, 9.17) is 10.5 Å². The van der Waals surface area contributed by atoms with Crippen molar-refractivity contribution >= 4 is 17.4 Å². The maximum absolute atomic E-state index is 5.67. The summed E-state index contributed by atoms with van der Waals surface area (Å²) in [6.45, 7) is 4.00. The summed E-state index contributed by atoms with van der Waals surface area (Å²) in [5.74, 6) is 0.739. The molecule has 0 aliphatic rings. The molecule has 1 rings (SSSR count). The maximum atomic E-state index is 5.67. The van der Waals surface area contributed by atoms with E-state index < -0.39 is 0 Å². The number of nitrogen functional groups attached to an aromatic ring is 1. The molecule has 0 bridgehead atoms. The third-order valence-corrected chi connectivity index (χ3v) is 2.16. The SMILES string of the molecule is CC.COc1ccc(SC)cc1N. The van der Waals surface area contributed by atoms with E-state index in [2.05, 4.69) is 0 Å². The molecule has 1 aromatic rings. The van der Waals surface area contributed by atoms with Crippen LogP contribution in [0.25, 0.3) is 0 Å². The van der Waals surface area contributed by atoms with Crippen LogP contribution in [0.3, 0.4) is 0 Å². The third kappa shape index (κ3) is 3.59. The van der Waals surface area contributed by atoms with Crippen molar-refractivity contribution < 1.29 is 4.74 Å². The molecule has 0 atom stereocenters. The Labute approximate surface area is 84.5 Å². The lowest BCUT2D eigenvalue weighted by Gasteiger charge is -2.04. The lowest BCUT2D eigenvalue weighted by Crippen LogP contribution is -1.91. The fraction of sp³-hybridized carbons (Fsp3) is 0.400. The van der Waals surface area contributed by atoms with Gasteiger partial charge in [-0.2, -0.15) is 0 Å². The van der Waals surface area contributed by atoms with E-state index in [9.17, 15) is 0 Å². The van der Waals surface area contributed by atoms with Gasteiger partial charge in [0.15, 0.2) is 0 Å². The summed E-state index contributed by atoms with van der Waals surface area (Å²) >= 11 is 1.67. The molecule has 0 unspecified atom stereocenters. The van der Waals surface area contributed by atoms with E-state index in [1.807, 2.05) is 38.3 Å². The number of hydrogen-bond acceptors (Lipinski definition) is 3. The summed E-state index contributed by atoms with van der Waals surface area (Å²) in [6, 6.07) is 5.77. The summed E-state index contributed by atoms with van der Waals surface area (Å²) < 4.78 is 5.01. The largest absolute Gasteiger partial charge is 0.495 e. The smallest absolute Gasteiger partial charge is 0.141 e. The molecule has 0 radical (unpaired) electrons. The van der Waals surface area contributed by atoms with Crippen LogP contribution in [0.2, 0.25) is 0 Å². The van der Waals surface area contributed by atoms with Crippen LogP contribution in [-0.2, 0) is 0 Å². The van der Waals surface area contributed by atoms with E-state index in [1.54, 1.807) is 18.9 Å². The molecule has 0 aromatic heterocycles. The molecule has 0 aliphatic heterocycles. The molecule has 0 aliphatic carbocycles. The van der Waals surface area contributed by atoms with Gasteiger partial charge in [-0.05, 0) is 24.5 Å². The molecule has 0 saturated carbocycles. The number of anilines is 1. The molecule has 74 valence electrons. The first-order chi connectivity index (χ1) is 6.27. The van der Waals surface area contributed by atoms with Crippen LogP contribution in [0, 0.1) is 0 Å². The van der Waals surface area contributed by atoms with Crippen molar-refractivity contribution in [3.8, 4) is 5.75 Å². The van der Waals surface area contributed by atoms with Crippen molar-refractivity contribution in [2.75, 3.05) is 19.1 Å². The first kappa shape index (κ1) is 12.2. The molecule has 0 heterocycles. The minimum absolute atomic E-state index is 0.694. The zero-order chi connectivity index (χ0) is 10.3. The molecule has 13 heavy (non-hydrogen) atoms. The molecule has 0 spiro atoms. The zero-order valence-electron chi connectivity index (χ0n) is 8.63. The molecule has 2 nitrogen and oxygen atoms in total. The summed E-state index contributed by atoms with van der Waals surface area (Å²) in [7, 11) is 1.62. The Morgan fingerprint density at radius 2 is 1.92 bits per heavy atom. The van der Waals surface area contributed by atoms with Gasteiger partial charge in [0.05, 0.1) is 12.8 Å². The van der Waals surface area contributed by atoms with Crippen LogP contribution in [0.5, 0.6) is 5.75 Å². The molecule has 0 saturated heterocycles. The van der Waals surface area contributed by atoms with Crippen molar-refractivity contribution in [3.63, 3.8) is 0 Å². The number of ether oxygens (including phenoxy) is 1. The second kappa shape index (κ2) is 6.66. The van der Waals surface area contributed by atoms with Crippen LogP contribution in [-0.4, -0.2) is 13.4 Å². The van der Waals surface area contributed by atoms with E-state index in [0.717, 1.165) is 10.6 Å². The Bertz CT molecular complexity index is 251. The summed E-state index contributed by atoms with van der Waals surface area (Å²) in [5.41, 5.74) is 6.36. The standard InChI is InChI=1S/C8H11NOS.C2H6/c1-10-8-4-3-6(11-2)5-7(8)9;1-2/h3-5H,9H2,1-2H3;1-2H3. The average Bonchev–Trinajstić information content (AvgIpc) is 2.20. The van der Waals surface area contributed by atoms with Gasteiger partial charge in [-0.25, -0.2) is 0 Å². The molecule has 2 N–H and O–H groups in total. The highest BCUT2D eigenvalue weighted by atomic mass is 32.2. The van der Waals surface area contributed by atoms with Crippen molar-refractivity contribution in [3.05, 3.63) is 18.2 Å². The molecular weight excluding hydrogens is 182 g/mol. The minimum atomic E-state index is 0.694. The number of hydrogen-bond donors (Lipinski definition) is 1. The van der Waals surface area contributed by atoms with Gasteiger partial charge in [0, 0.05) is 4.90 Å². The van der Waals surface area contributed by atoms with Gasteiger partial charge in [0.1, 0.15) is 5.75 Å². The second-order valence-corrected chi connectivity index (χ2v) is 2.99. The third-order valence-electron chi connectivity index (χ3n) is 1.44. The van der Waals surface area contributed by atoms with Crippen molar-refractivity contribution in [1.82, 2.24) is 0 Å². The molecule has 1 aromatic carbocycles. The Hall–Kier alpha value is -0.830. The van der Waals surface area contributed by atoms with Gasteiger partial charge in [-0.15, -0.1) is 11.8 Å². The van der Waals surface area contributed by atoms with Gasteiger partial charge >= 0.3 is 0 Å². The van der Waals surface area contributed by atoms with E-state index >= 15 is 0 Å². The molecular formula is C10H17NOS. The van der Waals surface area contributed by atoms with Gasteiger partial charge in [-0.1, -0.05) is 13.8 Å². The average molecular weight is 199 g/mol. The minimum Gasteiger partial charge on any atom is -0.495 e. The van der Waals surface area contributed by atoms with E-state index in [0.29, 0.717) is 5.69 Å². The van der Waals surface area contributed by atoms with E-state index in [-0.39, 0.29) is 0 Å². The van der Waals surface area contributed by atoms with E-state index in [1.165, 1.54) is 0 Å². The summed E-state index contributed by atoms with van der Waals surface area (Å²) in [5, 5.41) is 0. The molecule has 3 heteroatoms. The number of methoxy groups -OCH3 is 1. The van der Waals surface area contributed by atoms with Crippen molar-refractivity contribution in [2.24, 2.45) is 0 Å². The molecule has 0 amide bonds. The van der Waals surface area contributed by atoms with Gasteiger partial charge < -0.3 is 10.5 Å². The Morgan fingerprint density at radius 1 is 1.31 bits per heavy atom. The highest BCUT2D eigenvalue weighted by molar-refractivity contribution is 7.98. The monoisotopic (exact) mass is 199 g/mol.